The molecule has 2 aliphatic carbocycles. The van der Waals surface area contributed by atoms with E-state index in [0.29, 0.717) is 24.7 Å². The summed E-state index contributed by atoms with van der Waals surface area (Å²) < 4.78 is 27.2. The molecule has 4 N–H and O–H groups in total. The fourth-order valence-electron chi connectivity index (χ4n) is 3.32. The molecule has 2 atom stereocenters. The Labute approximate surface area is 116 Å². The van der Waals surface area contributed by atoms with Crippen molar-refractivity contribution in [3.8, 4) is 0 Å². The molecule has 0 aromatic rings. The van der Waals surface area contributed by atoms with E-state index < -0.39 is 12.3 Å². The standard InChI is InChI=1S/C13H22F2.C2H6.2H2O/c1-9-12(14)7-11(8-13(9)15)10-5-3-2-4-6-10;1-2;;/h9-13H,2-8H2,1H3;1-2H3;2*1H2. The van der Waals surface area contributed by atoms with Crippen LogP contribution < -0.4 is 0 Å². The molecule has 2 unspecified atom stereocenters. The predicted octanol–water partition coefficient (Wildman–Crippen LogP) is 3.67. The zero-order valence-corrected chi connectivity index (χ0v) is 12.6. The lowest BCUT2D eigenvalue weighted by molar-refractivity contribution is 0.0267. The molecule has 0 saturated heterocycles. The summed E-state index contributed by atoms with van der Waals surface area (Å²) in [4.78, 5) is 0. The maximum atomic E-state index is 13.6. The molecule has 4 heteroatoms. The Bertz CT molecular complexity index is 196. The molecule has 0 aromatic heterocycles. The molecule has 0 amide bonds. The van der Waals surface area contributed by atoms with E-state index in [4.69, 9.17) is 0 Å². The second-order valence-electron chi connectivity index (χ2n) is 5.52. The van der Waals surface area contributed by atoms with Gasteiger partial charge in [-0.05, 0) is 24.7 Å². The van der Waals surface area contributed by atoms with E-state index >= 15 is 0 Å². The Morgan fingerprint density at radius 2 is 1.16 bits per heavy atom. The molecule has 2 rings (SSSR count). The van der Waals surface area contributed by atoms with Gasteiger partial charge in [-0.25, -0.2) is 8.78 Å². The van der Waals surface area contributed by atoms with Crippen molar-refractivity contribution >= 4 is 0 Å². The van der Waals surface area contributed by atoms with Gasteiger partial charge in [0.15, 0.2) is 0 Å². The number of halogens is 2. The normalized spacial score (nSPS) is 35.2. The zero-order valence-electron chi connectivity index (χ0n) is 12.6. The summed E-state index contributed by atoms with van der Waals surface area (Å²) in [6.45, 7) is 5.71. The van der Waals surface area contributed by atoms with E-state index in [0.717, 1.165) is 0 Å². The van der Waals surface area contributed by atoms with Gasteiger partial charge in [0.2, 0.25) is 0 Å². The summed E-state index contributed by atoms with van der Waals surface area (Å²) in [5.41, 5.74) is 0. The lowest BCUT2D eigenvalue weighted by Gasteiger charge is -2.38. The van der Waals surface area contributed by atoms with Gasteiger partial charge in [0.1, 0.15) is 12.3 Å². The van der Waals surface area contributed by atoms with Crippen LogP contribution in [0.25, 0.3) is 0 Å². The van der Waals surface area contributed by atoms with Crippen LogP contribution in [0.3, 0.4) is 0 Å². The minimum Gasteiger partial charge on any atom is -0.412 e. The number of hydrogen-bond acceptors (Lipinski definition) is 0. The van der Waals surface area contributed by atoms with E-state index in [1.807, 2.05) is 13.8 Å². The molecule has 2 aliphatic rings. The monoisotopic (exact) mass is 282 g/mol. The van der Waals surface area contributed by atoms with Gasteiger partial charge in [-0.2, -0.15) is 0 Å². The Hall–Kier alpha value is -0.220. The molecule has 19 heavy (non-hydrogen) atoms. The van der Waals surface area contributed by atoms with E-state index in [-0.39, 0.29) is 16.9 Å². The maximum Gasteiger partial charge on any atom is 0.106 e. The third-order valence-electron chi connectivity index (χ3n) is 4.51. The molecule has 0 radical (unpaired) electrons. The van der Waals surface area contributed by atoms with E-state index in [1.165, 1.54) is 32.1 Å². The quantitative estimate of drug-likeness (QED) is 0.704. The second-order valence-corrected chi connectivity index (χ2v) is 5.52. The number of alkyl halides is 2. The summed E-state index contributed by atoms with van der Waals surface area (Å²) in [5.74, 6) is 0.569. The molecule has 2 nitrogen and oxygen atoms in total. The Morgan fingerprint density at radius 1 is 0.737 bits per heavy atom. The van der Waals surface area contributed by atoms with Crippen LogP contribution in [0.2, 0.25) is 0 Å². The lowest BCUT2D eigenvalue weighted by Crippen LogP contribution is -2.37. The Morgan fingerprint density at radius 3 is 1.58 bits per heavy atom. The molecular weight excluding hydrogens is 250 g/mol. The van der Waals surface area contributed by atoms with Crippen molar-refractivity contribution in [1.29, 1.82) is 0 Å². The summed E-state index contributed by atoms with van der Waals surface area (Å²) in [7, 11) is 0. The molecule has 0 aliphatic heterocycles. The van der Waals surface area contributed by atoms with Crippen LogP contribution in [0.1, 0.15) is 65.7 Å². The minimum absolute atomic E-state index is 0. The van der Waals surface area contributed by atoms with Gasteiger partial charge in [-0.15, -0.1) is 0 Å². The average Bonchev–Trinajstić information content (AvgIpc) is 2.39. The van der Waals surface area contributed by atoms with Gasteiger partial charge in [-0.1, -0.05) is 52.9 Å². The van der Waals surface area contributed by atoms with Crippen LogP contribution in [-0.4, -0.2) is 23.3 Å². The van der Waals surface area contributed by atoms with Crippen LogP contribution in [0.5, 0.6) is 0 Å². The lowest BCUT2D eigenvalue weighted by atomic mass is 9.70. The zero-order chi connectivity index (χ0) is 12.8. The van der Waals surface area contributed by atoms with Crippen molar-refractivity contribution in [2.75, 3.05) is 0 Å². The third-order valence-corrected chi connectivity index (χ3v) is 4.51. The highest BCUT2D eigenvalue weighted by atomic mass is 19.1. The molecule has 0 aromatic carbocycles. The highest BCUT2D eigenvalue weighted by Gasteiger charge is 2.38. The first-order valence-electron chi connectivity index (χ1n) is 7.46. The van der Waals surface area contributed by atoms with Crippen LogP contribution in [0.4, 0.5) is 8.78 Å². The third kappa shape index (κ3) is 5.74. The van der Waals surface area contributed by atoms with Gasteiger partial charge >= 0.3 is 0 Å². The van der Waals surface area contributed by atoms with E-state index in [1.54, 1.807) is 6.92 Å². The summed E-state index contributed by atoms with van der Waals surface area (Å²) in [6, 6.07) is 0. The first-order valence-corrected chi connectivity index (χ1v) is 7.46. The topological polar surface area (TPSA) is 63.0 Å². The van der Waals surface area contributed by atoms with Crippen molar-refractivity contribution in [2.24, 2.45) is 17.8 Å². The SMILES string of the molecule is CC.CC1C(F)CC(C2CCCCC2)CC1F.O.O. The van der Waals surface area contributed by atoms with Crippen LogP contribution in [0.15, 0.2) is 0 Å². The predicted molar refractivity (Wildman–Crippen MR) is 76.8 cm³/mol. The molecule has 0 bridgehead atoms. The van der Waals surface area contributed by atoms with Crippen LogP contribution in [0, 0.1) is 17.8 Å². The van der Waals surface area contributed by atoms with Gasteiger partial charge < -0.3 is 11.0 Å². The molecule has 118 valence electrons. The fraction of sp³-hybridized carbons (Fsp3) is 1.00. The summed E-state index contributed by atoms with van der Waals surface area (Å²) in [6.07, 6.45) is 5.70. The van der Waals surface area contributed by atoms with Crippen molar-refractivity contribution in [1.82, 2.24) is 0 Å². The Kier molecular flexibility index (Phi) is 11.7. The summed E-state index contributed by atoms with van der Waals surface area (Å²) >= 11 is 0. The van der Waals surface area contributed by atoms with Crippen molar-refractivity contribution < 1.29 is 19.7 Å². The van der Waals surface area contributed by atoms with Crippen molar-refractivity contribution in [2.45, 2.75) is 78.1 Å². The van der Waals surface area contributed by atoms with Gasteiger partial charge in [0, 0.05) is 5.92 Å². The smallest absolute Gasteiger partial charge is 0.106 e. The Balaban J connectivity index is 0. The molecule has 0 heterocycles. The molecule has 2 saturated carbocycles. The van der Waals surface area contributed by atoms with E-state index in [2.05, 4.69) is 0 Å². The fourth-order valence-corrected chi connectivity index (χ4v) is 3.32. The van der Waals surface area contributed by atoms with Gasteiger partial charge in [0.05, 0.1) is 0 Å². The highest BCUT2D eigenvalue weighted by molar-refractivity contribution is 4.88. The second kappa shape index (κ2) is 10.6. The average molecular weight is 282 g/mol. The van der Waals surface area contributed by atoms with Crippen molar-refractivity contribution in [3.63, 3.8) is 0 Å². The first-order chi connectivity index (χ1) is 8.18. The van der Waals surface area contributed by atoms with E-state index in [9.17, 15) is 8.78 Å². The van der Waals surface area contributed by atoms with Crippen molar-refractivity contribution in [3.05, 3.63) is 0 Å². The molecule has 0 spiro atoms. The number of rotatable bonds is 1. The van der Waals surface area contributed by atoms with Gasteiger partial charge in [-0.3, -0.25) is 0 Å². The number of hydrogen-bond donors (Lipinski definition) is 0. The largest absolute Gasteiger partial charge is 0.412 e. The van der Waals surface area contributed by atoms with Crippen LogP contribution in [-0.2, 0) is 0 Å². The molecular formula is C15H32F2O2. The molecule has 2 fully saturated rings. The maximum absolute atomic E-state index is 13.6. The van der Waals surface area contributed by atoms with Gasteiger partial charge in [0.25, 0.3) is 0 Å². The minimum atomic E-state index is -0.902. The summed E-state index contributed by atoms with van der Waals surface area (Å²) in [5, 5.41) is 0. The first kappa shape index (κ1) is 21.1. The van der Waals surface area contributed by atoms with Crippen LogP contribution >= 0.6 is 0 Å². The highest BCUT2D eigenvalue weighted by Crippen LogP contribution is 2.41.